The molecule has 5 nitrogen and oxygen atoms in total. The predicted molar refractivity (Wildman–Crippen MR) is 136 cm³/mol. The summed E-state index contributed by atoms with van der Waals surface area (Å²) >= 11 is 1.64. The Balaban J connectivity index is 1.34. The molecular formula is C27H30FN3O2S. The van der Waals surface area contributed by atoms with Crippen LogP contribution in [0.4, 0.5) is 15.8 Å². The van der Waals surface area contributed by atoms with Crippen molar-refractivity contribution in [2.75, 3.05) is 43.5 Å². The van der Waals surface area contributed by atoms with Gasteiger partial charge < -0.3 is 15.0 Å². The number of ketones is 1. The molecule has 0 aliphatic carbocycles. The third kappa shape index (κ3) is 4.81. The number of aryl methyl sites for hydroxylation is 1. The Morgan fingerprint density at radius 2 is 1.97 bits per heavy atom. The van der Waals surface area contributed by atoms with Crippen LogP contribution in [0.15, 0.2) is 60.0 Å². The zero-order chi connectivity index (χ0) is 23.5. The van der Waals surface area contributed by atoms with Gasteiger partial charge in [-0.25, -0.2) is 4.39 Å². The van der Waals surface area contributed by atoms with Crippen LogP contribution in [-0.4, -0.2) is 56.1 Å². The van der Waals surface area contributed by atoms with Crippen LogP contribution in [0.5, 0.6) is 5.75 Å². The number of fused-ring (bicyclic) bond motifs is 1. The van der Waals surface area contributed by atoms with Gasteiger partial charge in [-0.2, -0.15) is 0 Å². The summed E-state index contributed by atoms with van der Waals surface area (Å²) in [6.07, 6.45) is 2.38. The maximum atomic E-state index is 13.7. The lowest BCUT2D eigenvalue weighted by molar-refractivity contribution is -0.124. The molecule has 7 heteroatoms. The zero-order valence-corrected chi connectivity index (χ0v) is 20.2. The molecule has 2 aliphatic rings. The average molecular weight is 480 g/mol. The quantitative estimate of drug-likeness (QED) is 0.536. The number of thiophene rings is 1. The summed E-state index contributed by atoms with van der Waals surface area (Å²) in [6, 6.07) is 17.0. The first-order chi connectivity index (χ1) is 16.6. The Morgan fingerprint density at radius 1 is 1.15 bits per heavy atom. The summed E-state index contributed by atoms with van der Waals surface area (Å²) in [6.45, 7) is 3.05. The minimum atomic E-state index is -0.304. The molecule has 0 saturated carbocycles. The SMILES string of the molecule is COc1cc(F)ccc1N1CCN(C(C(=O)Cc2cccs2)C2CCc3ccccc3N2)CC1. The number of anilines is 2. The first-order valence-corrected chi connectivity index (χ1v) is 12.7. The molecule has 0 amide bonds. The summed E-state index contributed by atoms with van der Waals surface area (Å²) in [5.41, 5.74) is 3.36. The van der Waals surface area contributed by atoms with Gasteiger partial charge in [0.25, 0.3) is 0 Å². The molecule has 2 aromatic carbocycles. The number of rotatable bonds is 7. The Labute approximate surface area is 204 Å². The van der Waals surface area contributed by atoms with Crippen molar-refractivity contribution in [3.05, 3.63) is 76.2 Å². The molecule has 178 valence electrons. The number of piperazine rings is 1. The van der Waals surface area contributed by atoms with Gasteiger partial charge in [-0.05, 0) is 48.1 Å². The van der Waals surface area contributed by atoms with E-state index in [4.69, 9.17) is 4.74 Å². The molecule has 3 heterocycles. The fourth-order valence-corrected chi connectivity index (χ4v) is 5.94. The van der Waals surface area contributed by atoms with E-state index in [1.807, 2.05) is 23.6 Å². The predicted octanol–water partition coefficient (Wildman–Crippen LogP) is 4.63. The number of methoxy groups -OCH3 is 1. The topological polar surface area (TPSA) is 44.8 Å². The summed E-state index contributed by atoms with van der Waals surface area (Å²) in [7, 11) is 1.57. The first kappa shape index (κ1) is 22.9. The molecule has 0 radical (unpaired) electrons. The number of Topliss-reactive ketones (excluding diaryl/α,β-unsaturated/α-hetero) is 1. The number of nitrogens with one attached hydrogen (secondary N) is 1. The van der Waals surface area contributed by atoms with Crippen molar-refractivity contribution in [1.29, 1.82) is 0 Å². The van der Waals surface area contributed by atoms with Crippen LogP contribution < -0.4 is 15.0 Å². The highest BCUT2D eigenvalue weighted by Gasteiger charge is 2.37. The Bertz CT molecular complexity index is 1130. The third-order valence-electron chi connectivity index (χ3n) is 6.91. The van der Waals surface area contributed by atoms with Crippen LogP contribution in [-0.2, 0) is 17.6 Å². The van der Waals surface area contributed by atoms with Gasteiger partial charge in [0.2, 0.25) is 0 Å². The van der Waals surface area contributed by atoms with E-state index in [0.29, 0.717) is 12.2 Å². The molecule has 2 unspecified atom stereocenters. The van der Waals surface area contributed by atoms with E-state index >= 15 is 0 Å². The van der Waals surface area contributed by atoms with Gasteiger partial charge in [0.1, 0.15) is 11.6 Å². The number of carbonyl (C=O) groups excluding carboxylic acids is 1. The standard InChI is InChI=1S/C27H30FN3O2S/c1-33-26-17-20(28)9-11-24(26)30-12-14-31(15-13-30)27(25(32)18-21-6-4-16-34-21)23-10-8-19-5-2-3-7-22(19)29-23/h2-7,9,11,16-17,23,27,29H,8,10,12-15,18H2,1H3. The average Bonchev–Trinajstić information content (AvgIpc) is 3.37. The lowest BCUT2D eigenvalue weighted by atomic mass is 9.89. The Hall–Kier alpha value is -2.90. The van der Waals surface area contributed by atoms with Gasteiger partial charge in [0.05, 0.1) is 18.8 Å². The van der Waals surface area contributed by atoms with Crippen molar-refractivity contribution in [2.24, 2.45) is 0 Å². The van der Waals surface area contributed by atoms with Gasteiger partial charge in [0.15, 0.2) is 5.78 Å². The number of hydrogen-bond acceptors (Lipinski definition) is 6. The summed E-state index contributed by atoms with van der Waals surface area (Å²) in [5.74, 6) is 0.513. The minimum absolute atomic E-state index is 0.0780. The minimum Gasteiger partial charge on any atom is -0.494 e. The number of halogens is 1. The molecule has 2 aliphatic heterocycles. The highest BCUT2D eigenvalue weighted by molar-refractivity contribution is 7.10. The van der Waals surface area contributed by atoms with E-state index in [-0.39, 0.29) is 23.7 Å². The molecule has 0 bridgehead atoms. The van der Waals surface area contributed by atoms with E-state index in [9.17, 15) is 9.18 Å². The first-order valence-electron chi connectivity index (χ1n) is 11.8. The van der Waals surface area contributed by atoms with Gasteiger partial charge >= 0.3 is 0 Å². The van der Waals surface area contributed by atoms with Crippen LogP contribution in [0.3, 0.4) is 0 Å². The zero-order valence-electron chi connectivity index (χ0n) is 19.4. The van der Waals surface area contributed by atoms with Crippen LogP contribution >= 0.6 is 11.3 Å². The molecule has 3 aromatic rings. The highest BCUT2D eigenvalue weighted by Crippen LogP contribution is 2.32. The summed E-state index contributed by atoms with van der Waals surface area (Å²) in [4.78, 5) is 19.3. The second-order valence-electron chi connectivity index (χ2n) is 8.95. The normalized spacial score (nSPS) is 19.2. The number of para-hydroxylation sites is 1. The molecule has 1 saturated heterocycles. The van der Waals surface area contributed by atoms with E-state index in [1.54, 1.807) is 24.5 Å². The van der Waals surface area contributed by atoms with Crippen molar-refractivity contribution >= 4 is 28.5 Å². The van der Waals surface area contributed by atoms with Crippen LogP contribution in [0.25, 0.3) is 0 Å². The Morgan fingerprint density at radius 3 is 2.74 bits per heavy atom. The second-order valence-corrected chi connectivity index (χ2v) is 9.99. The number of benzene rings is 2. The van der Waals surface area contributed by atoms with E-state index in [1.165, 1.54) is 17.7 Å². The molecule has 1 fully saturated rings. The Kier molecular flexibility index (Phi) is 6.83. The molecule has 0 spiro atoms. The maximum Gasteiger partial charge on any atom is 0.157 e. The van der Waals surface area contributed by atoms with Crippen LogP contribution in [0, 0.1) is 5.82 Å². The van der Waals surface area contributed by atoms with Crippen molar-refractivity contribution in [3.8, 4) is 5.75 Å². The molecule has 34 heavy (non-hydrogen) atoms. The van der Waals surface area contributed by atoms with Gasteiger partial charge in [-0.1, -0.05) is 24.3 Å². The van der Waals surface area contributed by atoms with Crippen molar-refractivity contribution < 1.29 is 13.9 Å². The fraction of sp³-hybridized carbons (Fsp3) is 0.370. The van der Waals surface area contributed by atoms with Crippen molar-refractivity contribution in [2.45, 2.75) is 31.3 Å². The van der Waals surface area contributed by atoms with Crippen molar-refractivity contribution in [1.82, 2.24) is 4.90 Å². The lowest BCUT2D eigenvalue weighted by Crippen LogP contribution is -2.59. The molecule has 2 atom stereocenters. The van der Waals surface area contributed by atoms with Crippen LogP contribution in [0.2, 0.25) is 0 Å². The smallest absolute Gasteiger partial charge is 0.157 e. The number of nitrogens with zero attached hydrogens (tertiary/aromatic N) is 2. The van der Waals surface area contributed by atoms with E-state index in [2.05, 4.69) is 33.3 Å². The molecule has 1 N–H and O–H groups in total. The maximum absolute atomic E-state index is 13.7. The lowest BCUT2D eigenvalue weighted by Gasteiger charge is -2.44. The molecular weight excluding hydrogens is 449 g/mol. The molecule has 1 aromatic heterocycles. The summed E-state index contributed by atoms with van der Waals surface area (Å²) in [5, 5.41) is 5.72. The molecule has 5 rings (SSSR count). The number of ether oxygens (including phenoxy) is 1. The van der Waals surface area contributed by atoms with Gasteiger partial charge in [0, 0.05) is 55.3 Å². The van der Waals surface area contributed by atoms with Gasteiger partial charge in [-0.3, -0.25) is 9.69 Å². The van der Waals surface area contributed by atoms with Crippen LogP contribution in [0.1, 0.15) is 16.9 Å². The van der Waals surface area contributed by atoms with E-state index < -0.39 is 0 Å². The monoisotopic (exact) mass is 479 g/mol. The third-order valence-corrected chi connectivity index (χ3v) is 7.79. The highest BCUT2D eigenvalue weighted by atomic mass is 32.1. The number of carbonyl (C=O) groups is 1. The largest absolute Gasteiger partial charge is 0.494 e. The fourth-order valence-electron chi connectivity index (χ4n) is 5.22. The summed E-state index contributed by atoms with van der Waals surface area (Å²) < 4.78 is 19.1. The van der Waals surface area contributed by atoms with E-state index in [0.717, 1.165) is 55.3 Å². The number of hydrogen-bond donors (Lipinski definition) is 1. The second kappa shape index (κ2) is 10.2. The van der Waals surface area contributed by atoms with Gasteiger partial charge in [-0.15, -0.1) is 11.3 Å². The van der Waals surface area contributed by atoms with Crippen molar-refractivity contribution in [3.63, 3.8) is 0 Å².